The molecule has 0 aliphatic carbocycles. The number of halogens is 2. The molecule has 0 unspecified atom stereocenters. The first-order chi connectivity index (χ1) is 10.0. The van der Waals surface area contributed by atoms with Crippen molar-refractivity contribution in [3.05, 3.63) is 47.3 Å². The van der Waals surface area contributed by atoms with Crippen molar-refractivity contribution in [2.45, 2.75) is 19.9 Å². The highest BCUT2D eigenvalue weighted by molar-refractivity contribution is 6.04. The number of benzene rings is 1. The molecule has 0 aliphatic heterocycles. The van der Waals surface area contributed by atoms with Crippen LogP contribution in [0.15, 0.2) is 24.4 Å². The minimum Gasteiger partial charge on any atom is -0.330 e. The average Bonchev–Trinajstić information content (AvgIpc) is 2.82. The number of carbonyl (C=O) groups excluding carboxylic acids is 1. The quantitative estimate of drug-likeness (QED) is 0.886. The van der Waals surface area contributed by atoms with Crippen LogP contribution >= 0.6 is 0 Å². The molecule has 2 aromatic rings. The van der Waals surface area contributed by atoms with Crippen LogP contribution in [0, 0.1) is 18.6 Å². The third kappa shape index (κ3) is 3.43. The number of nitrogens with zero attached hydrogens (tertiary/aromatic N) is 2. The normalized spacial score (nSPS) is 10.7. The summed E-state index contributed by atoms with van der Waals surface area (Å²) in [6, 6.07) is 3.19. The Kier molecular flexibility index (Phi) is 4.64. The van der Waals surface area contributed by atoms with Crippen LogP contribution < -0.4 is 11.1 Å². The van der Waals surface area contributed by atoms with Gasteiger partial charge in [-0.25, -0.2) is 8.78 Å². The summed E-state index contributed by atoms with van der Waals surface area (Å²) in [5.41, 5.74) is 6.71. The van der Waals surface area contributed by atoms with E-state index in [1.54, 1.807) is 11.6 Å². The molecule has 0 aliphatic rings. The van der Waals surface area contributed by atoms with Gasteiger partial charge in [0.1, 0.15) is 0 Å². The van der Waals surface area contributed by atoms with E-state index in [0.29, 0.717) is 24.3 Å². The Morgan fingerprint density at radius 3 is 2.81 bits per heavy atom. The third-order valence-electron chi connectivity index (χ3n) is 3.10. The van der Waals surface area contributed by atoms with Crippen molar-refractivity contribution in [1.29, 1.82) is 0 Å². The molecular formula is C14H16F2N4O. The molecule has 0 spiro atoms. The molecule has 0 saturated carbocycles. The van der Waals surface area contributed by atoms with Crippen molar-refractivity contribution in [2.24, 2.45) is 5.73 Å². The number of nitrogens with two attached hydrogens (primary N) is 1. The highest BCUT2D eigenvalue weighted by Crippen LogP contribution is 2.15. The predicted molar refractivity (Wildman–Crippen MR) is 74.9 cm³/mol. The van der Waals surface area contributed by atoms with Crippen molar-refractivity contribution < 1.29 is 13.6 Å². The molecule has 5 nitrogen and oxygen atoms in total. The van der Waals surface area contributed by atoms with Gasteiger partial charge in [0.2, 0.25) is 0 Å². The summed E-state index contributed by atoms with van der Waals surface area (Å²) < 4.78 is 27.6. The number of anilines is 1. The fraction of sp³-hybridized carbons (Fsp3) is 0.286. The molecule has 0 saturated heterocycles. The smallest absolute Gasteiger partial charge is 0.259 e. The van der Waals surface area contributed by atoms with Gasteiger partial charge in [-0.05, 0) is 32.0 Å². The summed E-state index contributed by atoms with van der Waals surface area (Å²) >= 11 is 0. The van der Waals surface area contributed by atoms with Gasteiger partial charge in [0.15, 0.2) is 11.6 Å². The highest BCUT2D eigenvalue weighted by Gasteiger charge is 2.15. The second-order valence-electron chi connectivity index (χ2n) is 4.59. The van der Waals surface area contributed by atoms with E-state index in [1.807, 2.05) is 0 Å². The van der Waals surface area contributed by atoms with E-state index in [0.717, 1.165) is 18.6 Å². The first kappa shape index (κ1) is 15.1. The van der Waals surface area contributed by atoms with Crippen molar-refractivity contribution in [2.75, 3.05) is 11.9 Å². The Labute approximate surface area is 120 Å². The molecule has 1 heterocycles. The van der Waals surface area contributed by atoms with Gasteiger partial charge < -0.3 is 11.1 Å². The highest BCUT2D eigenvalue weighted by atomic mass is 19.2. The van der Waals surface area contributed by atoms with Gasteiger partial charge in [-0.2, -0.15) is 5.10 Å². The van der Waals surface area contributed by atoms with Gasteiger partial charge in [-0.3, -0.25) is 9.48 Å². The Morgan fingerprint density at radius 1 is 1.38 bits per heavy atom. The molecule has 0 radical (unpaired) electrons. The predicted octanol–water partition coefficient (Wildman–Crippen LogP) is 2.07. The fourth-order valence-electron chi connectivity index (χ4n) is 1.91. The zero-order valence-corrected chi connectivity index (χ0v) is 11.6. The molecule has 1 aromatic heterocycles. The lowest BCUT2D eigenvalue weighted by molar-refractivity contribution is 0.102. The summed E-state index contributed by atoms with van der Waals surface area (Å²) in [6.07, 6.45) is 2.20. The van der Waals surface area contributed by atoms with Crippen molar-refractivity contribution >= 4 is 11.6 Å². The Morgan fingerprint density at radius 2 is 2.14 bits per heavy atom. The molecule has 1 amide bonds. The summed E-state index contributed by atoms with van der Waals surface area (Å²) in [6.45, 7) is 2.93. The topological polar surface area (TPSA) is 72.9 Å². The van der Waals surface area contributed by atoms with E-state index in [9.17, 15) is 13.6 Å². The number of amides is 1. The molecule has 21 heavy (non-hydrogen) atoms. The van der Waals surface area contributed by atoms with Gasteiger partial charge in [0.25, 0.3) is 5.91 Å². The average molecular weight is 294 g/mol. The molecule has 7 heteroatoms. The number of hydrogen-bond acceptors (Lipinski definition) is 3. The molecule has 112 valence electrons. The SMILES string of the molecule is Cc1c(C(=O)Nc2ccc(F)c(F)c2)cnn1CCCN. The van der Waals surface area contributed by atoms with Crippen LogP contribution in [0.4, 0.5) is 14.5 Å². The van der Waals surface area contributed by atoms with E-state index in [2.05, 4.69) is 10.4 Å². The molecule has 0 bridgehead atoms. The first-order valence-corrected chi connectivity index (χ1v) is 6.52. The van der Waals surface area contributed by atoms with Crippen molar-refractivity contribution in [3.8, 4) is 0 Å². The molecule has 0 atom stereocenters. The Bertz CT molecular complexity index is 654. The minimum absolute atomic E-state index is 0.188. The summed E-state index contributed by atoms with van der Waals surface area (Å²) in [4.78, 5) is 12.1. The summed E-state index contributed by atoms with van der Waals surface area (Å²) in [5.74, 6) is -2.39. The fourth-order valence-corrected chi connectivity index (χ4v) is 1.91. The molecular weight excluding hydrogens is 278 g/mol. The van der Waals surface area contributed by atoms with E-state index >= 15 is 0 Å². The van der Waals surface area contributed by atoms with Gasteiger partial charge in [-0.1, -0.05) is 0 Å². The summed E-state index contributed by atoms with van der Waals surface area (Å²) in [5, 5.41) is 6.63. The van der Waals surface area contributed by atoms with Gasteiger partial charge >= 0.3 is 0 Å². The number of rotatable bonds is 5. The number of aromatic nitrogens is 2. The minimum atomic E-state index is -1.01. The molecule has 2 rings (SSSR count). The van der Waals surface area contributed by atoms with Crippen LogP contribution in [0.3, 0.4) is 0 Å². The van der Waals surface area contributed by atoms with Crippen LogP contribution in [-0.4, -0.2) is 22.2 Å². The maximum Gasteiger partial charge on any atom is 0.259 e. The van der Waals surface area contributed by atoms with Crippen LogP contribution in [0.25, 0.3) is 0 Å². The monoisotopic (exact) mass is 294 g/mol. The Hall–Kier alpha value is -2.28. The molecule has 3 N–H and O–H groups in total. The Balaban J connectivity index is 2.13. The van der Waals surface area contributed by atoms with E-state index in [1.165, 1.54) is 12.3 Å². The van der Waals surface area contributed by atoms with Crippen molar-refractivity contribution in [1.82, 2.24) is 9.78 Å². The van der Waals surface area contributed by atoms with Gasteiger partial charge in [0, 0.05) is 24.0 Å². The number of nitrogens with one attached hydrogen (secondary N) is 1. The maximum absolute atomic E-state index is 13.1. The van der Waals surface area contributed by atoms with E-state index in [-0.39, 0.29) is 5.69 Å². The maximum atomic E-state index is 13.1. The zero-order chi connectivity index (χ0) is 15.4. The van der Waals surface area contributed by atoms with E-state index < -0.39 is 17.5 Å². The first-order valence-electron chi connectivity index (χ1n) is 6.52. The standard InChI is InChI=1S/C14H16F2N4O/c1-9-11(8-18-20(9)6-2-5-17)14(21)19-10-3-4-12(15)13(16)7-10/h3-4,7-8H,2,5-6,17H2,1H3,(H,19,21). The second-order valence-corrected chi connectivity index (χ2v) is 4.59. The van der Waals surface area contributed by atoms with Crippen molar-refractivity contribution in [3.63, 3.8) is 0 Å². The lowest BCUT2D eigenvalue weighted by atomic mass is 10.2. The second kappa shape index (κ2) is 6.45. The van der Waals surface area contributed by atoms with E-state index in [4.69, 9.17) is 5.73 Å². The van der Waals surface area contributed by atoms with Gasteiger partial charge in [0.05, 0.1) is 11.8 Å². The molecule has 0 fully saturated rings. The zero-order valence-electron chi connectivity index (χ0n) is 11.6. The van der Waals surface area contributed by atoms with Gasteiger partial charge in [-0.15, -0.1) is 0 Å². The molecule has 1 aromatic carbocycles. The third-order valence-corrected chi connectivity index (χ3v) is 3.10. The number of aryl methyl sites for hydroxylation is 1. The lowest BCUT2D eigenvalue weighted by Crippen LogP contribution is -2.14. The van der Waals surface area contributed by atoms with Crippen LogP contribution in [0.5, 0.6) is 0 Å². The number of hydrogen-bond donors (Lipinski definition) is 2. The number of carbonyl (C=O) groups is 1. The lowest BCUT2D eigenvalue weighted by Gasteiger charge is -2.06. The summed E-state index contributed by atoms with van der Waals surface area (Å²) in [7, 11) is 0. The van der Waals surface area contributed by atoms with Crippen LogP contribution in [0.2, 0.25) is 0 Å². The van der Waals surface area contributed by atoms with Crippen LogP contribution in [0.1, 0.15) is 22.5 Å². The largest absolute Gasteiger partial charge is 0.330 e. The van der Waals surface area contributed by atoms with Crippen LogP contribution in [-0.2, 0) is 6.54 Å².